The van der Waals surface area contributed by atoms with Gasteiger partial charge in [-0.1, -0.05) is 30.3 Å². The lowest BCUT2D eigenvalue weighted by Crippen LogP contribution is -2.19. The average Bonchev–Trinajstić information content (AvgIpc) is 2.47. The smallest absolute Gasteiger partial charge is 0.151 e. The Morgan fingerprint density at radius 2 is 2.00 bits per heavy atom. The van der Waals surface area contributed by atoms with Crippen LogP contribution in [0.3, 0.4) is 0 Å². The van der Waals surface area contributed by atoms with Gasteiger partial charge in [-0.15, -0.1) is 11.8 Å². The summed E-state index contributed by atoms with van der Waals surface area (Å²) in [6.45, 7) is 0.709. The molecule has 0 saturated heterocycles. The summed E-state index contributed by atoms with van der Waals surface area (Å²) in [6, 6.07) is 12.3. The van der Waals surface area contributed by atoms with Crippen LogP contribution < -0.4 is 4.90 Å². The number of hydrogen-bond acceptors (Lipinski definition) is 5. The molecule has 2 rings (SSSR count). The second kappa shape index (κ2) is 6.21. The second-order valence-electron chi connectivity index (χ2n) is 4.04. The summed E-state index contributed by atoms with van der Waals surface area (Å²) >= 11 is 1.46. The van der Waals surface area contributed by atoms with E-state index in [-0.39, 0.29) is 0 Å². The Bertz CT molecular complexity index is 592. The lowest BCUT2D eigenvalue weighted by Gasteiger charge is -2.19. The van der Waals surface area contributed by atoms with Crippen molar-refractivity contribution in [2.75, 3.05) is 18.2 Å². The topological polar surface area (TPSA) is 52.8 Å². The Labute approximate surface area is 117 Å². The third-order valence-electron chi connectivity index (χ3n) is 2.72. The molecular formula is C14H14N4S. The summed E-state index contributed by atoms with van der Waals surface area (Å²) in [7, 11) is 1.93. The second-order valence-corrected chi connectivity index (χ2v) is 4.83. The Morgan fingerprint density at radius 1 is 1.26 bits per heavy atom. The number of benzene rings is 1. The molecule has 2 aromatic rings. The lowest BCUT2D eigenvalue weighted by atomic mass is 10.2. The summed E-state index contributed by atoms with van der Waals surface area (Å²) < 4.78 is 0. The van der Waals surface area contributed by atoms with Crippen LogP contribution in [0.1, 0.15) is 11.1 Å². The SMILES string of the molecule is CSc1ncnc(N(C)Cc2ccccc2)c1C#N. The molecule has 0 bridgehead atoms. The highest BCUT2D eigenvalue weighted by molar-refractivity contribution is 7.98. The summed E-state index contributed by atoms with van der Waals surface area (Å²) in [5.74, 6) is 0.672. The van der Waals surface area contributed by atoms with Gasteiger partial charge >= 0.3 is 0 Å². The summed E-state index contributed by atoms with van der Waals surface area (Å²) in [4.78, 5) is 10.3. The van der Waals surface area contributed by atoms with E-state index in [2.05, 4.69) is 28.2 Å². The molecule has 0 aliphatic rings. The van der Waals surface area contributed by atoms with Crippen LogP contribution in [-0.2, 0) is 6.54 Å². The average molecular weight is 270 g/mol. The van der Waals surface area contributed by atoms with Gasteiger partial charge in [-0.2, -0.15) is 5.26 Å². The maximum Gasteiger partial charge on any atom is 0.151 e. The van der Waals surface area contributed by atoms with Crippen LogP contribution in [-0.4, -0.2) is 23.3 Å². The fraction of sp³-hybridized carbons (Fsp3) is 0.214. The molecule has 0 spiro atoms. The number of thioether (sulfide) groups is 1. The molecule has 19 heavy (non-hydrogen) atoms. The molecule has 0 unspecified atom stereocenters. The first kappa shape index (κ1) is 13.4. The number of hydrogen-bond donors (Lipinski definition) is 0. The molecule has 5 heteroatoms. The molecule has 1 aromatic carbocycles. The van der Waals surface area contributed by atoms with Gasteiger partial charge in [0, 0.05) is 13.6 Å². The fourth-order valence-electron chi connectivity index (χ4n) is 1.83. The van der Waals surface area contributed by atoms with Gasteiger partial charge in [0.15, 0.2) is 5.82 Å². The molecule has 0 aliphatic carbocycles. The van der Waals surface area contributed by atoms with Crippen molar-refractivity contribution in [3.05, 3.63) is 47.8 Å². The van der Waals surface area contributed by atoms with Gasteiger partial charge in [0.05, 0.1) is 0 Å². The van der Waals surface area contributed by atoms with E-state index in [9.17, 15) is 5.26 Å². The third kappa shape index (κ3) is 3.04. The molecule has 1 heterocycles. The Balaban J connectivity index is 2.29. The summed E-state index contributed by atoms with van der Waals surface area (Å²) in [5.41, 5.74) is 1.71. The van der Waals surface area contributed by atoms with Crippen molar-refractivity contribution in [3.8, 4) is 6.07 Å². The zero-order valence-electron chi connectivity index (χ0n) is 10.9. The monoisotopic (exact) mass is 270 g/mol. The van der Waals surface area contributed by atoms with Crippen LogP contribution in [0.5, 0.6) is 0 Å². The van der Waals surface area contributed by atoms with Crippen molar-refractivity contribution in [2.24, 2.45) is 0 Å². The van der Waals surface area contributed by atoms with Gasteiger partial charge in [0.1, 0.15) is 23.0 Å². The number of nitrogens with zero attached hydrogens (tertiary/aromatic N) is 4. The molecule has 4 nitrogen and oxygen atoms in total. The standard InChI is InChI=1S/C14H14N4S/c1-18(9-11-6-4-3-5-7-11)13-12(8-15)14(19-2)17-10-16-13/h3-7,10H,9H2,1-2H3. The van der Waals surface area contributed by atoms with E-state index in [1.807, 2.05) is 36.4 Å². The highest BCUT2D eigenvalue weighted by Gasteiger charge is 2.14. The van der Waals surface area contributed by atoms with Crippen molar-refractivity contribution in [3.63, 3.8) is 0 Å². The van der Waals surface area contributed by atoms with E-state index in [1.54, 1.807) is 0 Å². The van der Waals surface area contributed by atoms with Crippen molar-refractivity contribution >= 4 is 17.6 Å². The number of aromatic nitrogens is 2. The summed E-state index contributed by atoms with van der Waals surface area (Å²) in [6.07, 6.45) is 3.41. The number of anilines is 1. The van der Waals surface area contributed by atoms with Gasteiger partial charge in [-0.3, -0.25) is 0 Å². The predicted molar refractivity (Wildman–Crippen MR) is 77.1 cm³/mol. The summed E-state index contributed by atoms with van der Waals surface area (Å²) in [5, 5.41) is 9.99. The normalized spacial score (nSPS) is 9.95. The first-order valence-electron chi connectivity index (χ1n) is 5.80. The number of rotatable bonds is 4. The van der Waals surface area contributed by atoms with Crippen LogP contribution in [0, 0.1) is 11.3 Å². The molecule has 0 N–H and O–H groups in total. The minimum absolute atomic E-state index is 0.536. The van der Waals surface area contributed by atoms with Crippen molar-refractivity contribution in [1.82, 2.24) is 9.97 Å². The van der Waals surface area contributed by atoms with E-state index in [0.29, 0.717) is 23.0 Å². The predicted octanol–water partition coefficient (Wildman–Crippen LogP) is 2.71. The largest absolute Gasteiger partial charge is 0.354 e. The fourth-order valence-corrected chi connectivity index (χ4v) is 2.33. The molecule has 0 saturated carbocycles. The van der Waals surface area contributed by atoms with E-state index in [0.717, 1.165) is 0 Å². The van der Waals surface area contributed by atoms with Crippen LogP contribution in [0.25, 0.3) is 0 Å². The molecule has 0 atom stereocenters. The van der Waals surface area contributed by atoms with Gasteiger partial charge in [-0.25, -0.2) is 9.97 Å². The molecule has 0 fully saturated rings. The zero-order valence-corrected chi connectivity index (χ0v) is 11.7. The first-order chi connectivity index (χ1) is 9.26. The molecular weight excluding hydrogens is 256 g/mol. The van der Waals surface area contributed by atoms with E-state index in [4.69, 9.17) is 0 Å². The third-order valence-corrected chi connectivity index (χ3v) is 3.42. The molecule has 0 amide bonds. The van der Waals surface area contributed by atoms with Crippen molar-refractivity contribution < 1.29 is 0 Å². The van der Waals surface area contributed by atoms with Crippen LogP contribution in [0.2, 0.25) is 0 Å². The maximum absolute atomic E-state index is 9.28. The Hall–Kier alpha value is -2.06. The van der Waals surface area contributed by atoms with Gasteiger partial charge in [0.25, 0.3) is 0 Å². The highest BCUT2D eigenvalue weighted by atomic mass is 32.2. The van der Waals surface area contributed by atoms with Crippen LogP contribution in [0.15, 0.2) is 41.7 Å². The zero-order chi connectivity index (χ0) is 13.7. The van der Waals surface area contributed by atoms with Crippen molar-refractivity contribution in [2.45, 2.75) is 11.6 Å². The number of nitriles is 1. The van der Waals surface area contributed by atoms with Gasteiger partial charge in [-0.05, 0) is 11.8 Å². The highest BCUT2D eigenvalue weighted by Crippen LogP contribution is 2.24. The quantitative estimate of drug-likeness (QED) is 0.631. The van der Waals surface area contributed by atoms with Crippen LogP contribution >= 0.6 is 11.8 Å². The molecule has 1 aromatic heterocycles. The first-order valence-corrected chi connectivity index (χ1v) is 7.03. The lowest BCUT2D eigenvalue weighted by molar-refractivity contribution is 0.872. The molecule has 96 valence electrons. The molecule has 0 radical (unpaired) electrons. The van der Waals surface area contributed by atoms with Gasteiger partial charge in [0.2, 0.25) is 0 Å². The van der Waals surface area contributed by atoms with Crippen molar-refractivity contribution in [1.29, 1.82) is 5.26 Å². The Morgan fingerprint density at radius 3 is 2.63 bits per heavy atom. The van der Waals surface area contributed by atoms with Gasteiger partial charge < -0.3 is 4.90 Å². The maximum atomic E-state index is 9.28. The van der Waals surface area contributed by atoms with Crippen LogP contribution in [0.4, 0.5) is 5.82 Å². The van der Waals surface area contributed by atoms with E-state index in [1.165, 1.54) is 23.7 Å². The van der Waals surface area contributed by atoms with E-state index < -0.39 is 0 Å². The Kier molecular flexibility index (Phi) is 4.37. The minimum atomic E-state index is 0.536. The minimum Gasteiger partial charge on any atom is -0.354 e. The van der Waals surface area contributed by atoms with E-state index >= 15 is 0 Å². The molecule has 0 aliphatic heterocycles.